The predicted octanol–water partition coefficient (Wildman–Crippen LogP) is 5.32. The molecule has 2 heterocycles. The Kier molecular flexibility index (Phi) is 6.18. The third-order valence-electron chi connectivity index (χ3n) is 5.26. The quantitative estimate of drug-likeness (QED) is 0.381. The molecule has 0 N–H and O–H groups in total. The van der Waals surface area contributed by atoms with Gasteiger partial charge in [0.15, 0.2) is 6.73 Å². The monoisotopic (exact) mass is 441 g/mol. The number of ether oxygens (including phenoxy) is 2. The minimum absolute atomic E-state index is 0.288. The number of anilines is 1. The molecule has 0 saturated heterocycles. The van der Waals surface area contributed by atoms with E-state index in [9.17, 15) is 9.59 Å². The maximum atomic E-state index is 12.2. The Morgan fingerprint density at radius 2 is 1.94 bits per heavy atom. The van der Waals surface area contributed by atoms with Gasteiger partial charge < -0.3 is 18.8 Å². The molecule has 0 unspecified atom stereocenters. The van der Waals surface area contributed by atoms with E-state index in [2.05, 4.69) is 6.92 Å². The van der Waals surface area contributed by atoms with Crippen LogP contribution in [0.1, 0.15) is 48.2 Å². The number of carbonyl (C=O) groups is 1. The number of esters is 1. The minimum Gasteiger partial charge on any atom is -0.471 e. The van der Waals surface area contributed by atoms with Crippen LogP contribution in [0.15, 0.2) is 45.6 Å². The number of nitrogens with zero attached hydrogens (tertiary/aromatic N) is 1. The molecule has 0 spiro atoms. The summed E-state index contributed by atoms with van der Waals surface area (Å²) in [6.07, 6.45) is 2.45. The Bertz CT molecular complexity index is 1170. The van der Waals surface area contributed by atoms with Crippen LogP contribution in [0.2, 0.25) is 5.02 Å². The normalized spacial score (nSPS) is 13.1. The first-order chi connectivity index (χ1) is 15.0. The van der Waals surface area contributed by atoms with Gasteiger partial charge in [-0.25, -0.2) is 9.59 Å². The summed E-state index contributed by atoms with van der Waals surface area (Å²) in [7, 11) is 0. The van der Waals surface area contributed by atoms with E-state index in [1.807, 2.05) is 30.0 Å². The average Bonchev–Trinajstić information content (AvgIpc) is 2.78. The molecule has 0 fully saturated rings. The van der Waals surface area contributed by atoms with Crippen molar-refractivity contribution in [2.24, 2.45) is 0 Å². The number of aryl methyl sites for hydroxylation is 1. The molecule has 0 aliphatic carbocycles. The highest BCUT2D eigenvalue weighted by Crippen LogP contribution is 2.40. The van der Waals surface area contributed by atoms with E-state index in [-0.39, 0.29) is 18.3 Å². The number of carbonyl (C=O) groups excluding carboxylic acids is 1. The van der Waals surface area contributed by atoms with Crippen LogP contribution in [0.5, 0.6) is 5.75 Å². The number of hydrogen-bond acceptors (Lipinski definition) is 6. The first kappa shape index (κ1) is 21.2. The van der Waals surface area contributed by atoms with E-state index in [4.69, 9.17) is 25.5 Å². The molecule has 162 valence electrons. The molecular weight excluding hydrogens is 418 g/mol. The maximum Gasteiger partial charge on any atom is 0.338 e. The summed E-state index contributed by atoms with van der Waals surface area (Å²) in [6, 6.07) is 10.5. The van der Waals surface area contributed by atoms with Crippen molar-refractivity contribution in [3.8, 4) is 5.75 Å². The second kappa shape index (κ2) is 9.02. The molecule has 2 aromatic carbocycles. The van der Waals surface area contributed by atoms with Gasteiger partial charge in [0.2, 0.25) is 0 Å². The number of rotatable bonds is 6. The lowest BCUT2D eigenvalue weighted by Crippen LogP contribution is -2.32. The molecular formula is C24H24ClNO5. The fourth-order valence-electron chi connectivity index (χ4n) is 3.78. The Balaban J connectivity index is 1.68. The van der Waals surface area contributed by atoms with Crippen LogP contribution in [0.4, 0.5) is 5.69 Å². The van der Waals surface area contributed by atoms with Crippen LogP contribution in [0, 0.1) is 0 Å². The second-order valence-corrected chi connectivity index (χ2v) is 7.94. The smallest absolute Gasteiger partial charge is 0.338 e. The summed E-state index contributed by atoms with van der Waals surface area (Å²) < 4.78 is 16.7. The molecule has 1 aliphatic heterocycles. The average molecular weight is 442 g/mol. The molecule has 1 aliphatic rings. The molecule has 6 nitrogen and oxygen atoms in total. The SMILES string of the molecule is CCCOC(=O)c1ccc(N2COc3c(Cl)cc4c(CCC)cc(=O)oc4c3C2)cc1. The summed E-state index contributed by atoms with van der Waals surface area (Å²) in [4.78, 5) is 26.2. The lowest BCUT2D eigenvalue weighted by Gasteiger charge is -2.31. The van der Waals surface area contributed by atoms with Crippen molar-refractivity contribution < 1.29 is 18.7 Å². The zero-order valence-electron chi connectivity index (χ0n) is 17.6. The van der Waals surface area contributed by atoms with Crippen LogP contribution in [0.25, 0.3) is 11.0 Å². The van der Waals surface area contributed by atoms with E-state index in [0.29, 0.717) is 35.1 Å². The summed E-state index contributed by atoms with van der Waals surface area (Å²) >= 11 is 6.51. The Morgan fingerprint density at radius 3 is 2.65 bits per heavy atom. The van der Waals surface area contributed by atoms with Crippen LogP contribution >= 0.6 is 11.6 Å². The Morgan fingerprint density at radius 1 is 1.16 bits per heavy atom. The fourth-order valence-corrected chi connectivity index (χ4v) is 4.06. The molecule has 0 saturated carbocycles. The molecule has 3 aromatic rings. The molecule has 7 heteroatoms. The summed E-state index contributed by atoms with van der Waals surface area (Å²) in [6.45, 7) is 5.17. The zero-order chi connectivity index (χ0) is 22.0. The number of benzene rings is 2. The van der Waals surface area contributed by atoms with Gasteiger partial charge in [0, 0.05) is 17.1 Å². The number of fused-ring (bicyclic) bond motifs is 3. The highest BCUT2D eigenvalue weighted by atomic mass is 35.5. The maximum absolute atomic E-state index is 12.2. The third kappa shape index (κ3) is 4.26. The van der Waals surface area contributed by atoms with Crippen molar-refractivity contribution in [3.05, 3.63) is 68.5 Å². The van der Waals surface area contributed by atoms with Crippen molar-refractivity contribution in [3.63, 3.8) is 0 Å². The van der Waals surface area contributed by atoms with E-state index in [1.54, 1.807) is 12.1 Å². The Hall–Kier alpha value is -2.99. The Labute approximate surface area is 185 Å². The first-order valence-corrected chi connectivity index (χ1v) is 10.8. The zero-order valence-corrected chi connectivity index (χ0v) is 18.3. The number of halogens is 1. The molecule has 31 heavy (non-hydrogen) atoms. The highest BCUT2D eigenvalue weighted by Gasteiger charge is 2.25. The molecule has 1 aromatic heterocycles. The number of hydrogen-bond donors (Lipinski definition) is 0. The largest absolute Gasteiger partial charge is 0.471 e. The summed E-state index contributed by atoms with van der Waals surface area (Å²) in [5.41, 5.74) is 3.17. The van der Waals surface area contributed by atoms with E-state index >= 15 is 0 Å². The molecule has 0 radical (unpaired) electrons. The van der Waals surface area contributed by atoms with E-state index in [0.717, 1.165) is 41.5 Å². The third-order valence-corrected chi connectivity index (χ3v) is 5.54. The van der Waals surface area contributed by atoms with Crippen molar-refractivity contribution in [1.82, 2.24) is 0 Å². The van der Waals surface area contributed by atoms with Gasteiger partial charge in [-0.1, -0.05) is 31.9 Å². The predicted molar refractivity (Wildman–Crippen MR) is 120 cm³/mol. The lowest BCUT2D eigenvalue weighted by molar-refractivity contribution is 0.0505. The van der Waals surface area contributed by atoms with Gasteiger partial charge in [0.25, 0.3) is 0 Å². The summed E-state index contributed by atoms with van der Waals surface area (Å²) in [5.74, 6) is 0.207. The standard InChI is InChI=1S/C24H24ClNO5/c1-3-5-16-11-21(27)31-22-18(16)12-20(25)23-19(22)13-26(14-30-23)17-8-6-15(7-9-17)24(28)29-10-4-2/h6-9,11-12H,3-5,10,13-14H2,1-2H3. The van der Waals surface area contributed by atoms with Gasteiger partial charge in [-0.05, 0) is 48.7 Å². The fraction of sp³-hybridized carbons (Fsp3) is 0.333. The molecule has 0 bridgehead atoms. The van der Waals surface area contributed by atoms with Crippen LogP contribution in [-0.4, -0.2) is 19.3 Å². The van der Waals surface area contributed by atoms with Gasteiger partial charge in [-0.2, -0.15) is 0 Å². The molecule has 0 amide bonds. The second-order valence-electron chi connectivity index (χ2n) is 7.54. The minimum atomic E-state index is -0.382. The van der Waals surface area contributed by atoms with Gasteiger partial charge >= 0.3 is 11.6 Å². The van der Waals surface area contributed by atoms with Gasteiger partial charge in [0.1, 0.15) is 11.3 Å². The van der Waals surface area contributed by atoms with Gasteiger partial charge in [-0.15, -0.1) is 0 Å². The topological polar surface area (TPSA) is 69.0 Å². The van der Waals surface area contributed by atoms with Crippen LogP contribution in [-0.2, 0) is 17.7 Å². The highest BCUT2D eigenvalue weighted by molar-refractivity contribution is 6.33. The van der Waals surface area contributed by atoms with E-state index < -0.39 is 0 Å². The van der Waals surface area contributed by atoms with Crippen molar-refractivity contribution >= 4 is 34.2 Å². The van der Waals surface area contributed by atoms with Crippen molar-refractivity contribution in [1.29, 1.82) is 0 Å². The van der Waals surface area contributed by atoms with Gasteiger partial charge in [0.05, 0.1) is 29.3 Å². The van der Waals surface area contributed by atoms with Crippen LogP contribution in [0.3, 0.4) is 0 Å². The van der Waals surface area contributed by atoms with E-state index in [1.165, 1.54) is 6.07 Å². The lowest BCUT2D eigenvalue weighted by atomic mass is 10.0. The van der Waals surface area contributed by atoms with Crippen molar-refractivity contribution in [2.75, 3.05) is 18.2 Å². The summed E-state index contributed by atoms with van der Waals surface area (Å²) in [5, 5.41) is 1.34. The van der Waals surface area contributed by atoms with Crippen molar-refractivity contribution in [2.45, 2.75) is 39.7 Å². The van der Waals surface area contributed by atoms with Gasteiger partial charge in [-0.3, -0.25) is 0 Å². The molecule has 0 atom stereocenters. The molecule has 4 rings (SSSR count). The first-order valence-electron chi connectivity index (χ1n) is 10.4. The van der Waals surface area contributed by atoms with Crippen LogP contribution < -0.4 is 15.3 Å².